The fourth-order valence-electron chi connectivity index (χ4n) is 3.82. The molecular formula is C23H39N5O2. The van der Waals surface area contributed by atoms with E-state index in [1.165, 1.54) is 5.56 Å². The molecule has 1 aromatic rings. The van der Waals surface area contributed by atoms with Crippen molar-refractivity contribution in [3.63, 3.8) is 0 Å². The summed E-state index contributed by atoms with van der Waals surface area (Å²) in [6, 6.07) is 6.38. The highest BCUT2D eigenvalue weighted by Crippen LogP contribution is 2.19. The summed E-state index contributed by atoms with van der Waals surface area (Å²) in [4.78, 5) is 21.0. The van der Waals surface area contributed by atoms with Crippen molar-refractivity contribution in [2.45, 2.75) is 45.6 Å². The van der Waals surface area contributed by atoms with E-state index in [2.05, 4.69) is 47.6 Å². The van der Waals surface area contributed by atoms with Crippen LogP contribution in [0.2, 0.25) is 0 Å². The number of guanidine groups is 1. The van der Waals surface area contributed by atoms with E-state index in [0.717, 1.165) is 75.7 Å². The number of aryl methyl sites for hydroxylation is 1. The van der Waals surface area contributed by atoms with Gasteiger partial charge in [0, 0.05) is 40.3 Å². The molecule has 1 aromatic carbocycles. The van der Waals surface area contributed by atoms with Crippen LogP contribution in [-0.2, 0) is 11.2 Å². The van der Waals surface area contributed by atoms with Crippen molar-refractivity contribution in [1.29, 1.82) is 0 Å². The molecule has 2 rings (SSSR count). The topological polar surface area (TPSA) is 69.2 Å². The van der Waals surface area contributed by atoms with E-state index in [0.29, 0.717) is 0 Å². The Morgan fingerprint density at radius 1 is 1.33 bits per heavy atom. The van der Waals surface area contributed by atoms with Gasteiger partial charge in [-0.15, -0.1) is 0 Å². The summed E-state index contributed by atoms with van der Waals surface area (Å²) < 4.78 is 5.41. The molecule has 0 aliphatic carbocycles. The molecule has 7 heteroatoms. The van der Waals surface area contributed by atoms with Crippen LogP contribution in [0, 0.1) is 6.92 Å². The SMILES string of the molecule is CCNC(=NCCCN1CCCC1C(=O)N(C)C)NCCc1ccc(C)c(OC)c1. The fraction of sp³-hybridized carbons (Fsp3) is 0.652. The van der Waals surface area contributed by atoms with Crippen molar-refractivity contribution >= 4 is 11.9 Å². The fourth-order valence-corrected chi connectivity index (χ4v) is 3.82. The molecule has 30 heavy (non-hydrogen) atoms. The Hall–Kier alpha value is -2.28. The number of methoxy groups -OCH3 is 1. The van der Waals surface area contributed by atoms with Gasteiger partial charge < -0.3 is 20.3 Å². The number of carbonyl (C=O) groups is 1. The predicted molar refractivity (Wildman–Crippen MR) is 123 cm³/mol. The molecular weight excluding hydrogens is 378 g/mol. The summed E-state index contributed by atoms with van der Waals surface area (Å²) >= 11 is 0. The second kappa shape index (κ2) is 12.4. The van der Waals surface area contributed by atoms with Gasteiger partial charge in [0.2, 0.25) is 5.91 Å². The smallest absolute Gasteiger partial charge is 0.239 e. The van der Waals surface area contributed by atoms with Crippen LogP contribution in [0.15, 0.2) is 23.2 Å². The van der Waals surface area contributed by atoms with Gasteiger partial charge in [-0.3, -0.25) is 14.7 Å². The Morgan fingerprint density at radius 3 is 2.83 bits per heavy atom. The van der Waals surface area contributed by atoms with Crippen LogP contribution in [0.3, 0.4) is 0 Å². The molecule has 168 valence electrons. The summed E-state index contributed by atoms with van der Waals surface area (Å²) in [6.07, 6.45) is 3.92. The van der Waals surface area contributed by atoms with Crippen molar-refractivity contribution in [3.8, 4) is 5.75 Å². The van der Waals surface area contributed by atoms with Crippen molar-refractivity contribution in [3.05, 3.63) is 29.3 Å². The summed E-state index contributed by atoms with van der Waals surface area (Å²) in [5.41, 5.74) is 2.39. The van der Waals surface area contributed by atoms with Crippen molar-refractivity contribution in [2.75, 3.05) is 53.9 Å². The van der Waals surface area contributed by atoms with Crippen molar-refractivity contribution in [1.82, 2.24) is 20.4 Å². The van der Waals surface area contributed by atoms with E-state index < -0.39 is 0 Å². The lowest BCUT2D eigenvalue weighted by atomic mass is 10.1. The second-order valence-corrected chi connectivity index (χ2v) is 8.02. The number of ether oxygens (including phenoxy) is 1. The highest BCUT2D eigenvalue weighted by molar-refractivity contribution is 5.81. The average Bonchev–Trinajstić information content (AvgIpc) is 3.20. The quantitative estimate of drug-likeness (QED) is 0.346. The molecule has 0 aromatic heterocycles. The number of nitrogens with one attached hydrogen (secondary N) is 2. The maximum atomic E-state index is 12.3. The van der Waals surface area contributed by atoms with Crippen LogP contribution in [0.5, 0.6) is 5.75 Å². The first-order chi connectivity index (χ1) is 14.5. The lowest BCUT2D eigenvalue weighted by Gasteiger charge is -2.25. The standard InChI is InChI=1S/C23H39N5O2/c1-6-24-23(26-14-12-19-11-10-18(2)21(17-19)30-5)25-13-8-16-28-15-7-9-20(28)22(29)27(3)4/h10-11,17,20H,6-9,12-16H2,1-5H3,(H2,24,25,26). The molecule has 1 fully saturated rings. The number of benzene rings is 1. The molecule has 1 aliphatic heterocycles. The lowest BCUT2D eigenvalue weighted by molar-refractivity contribution is -0.133. The van der Waals surface area contributed by atoms with Crippen LogP contribution >= 0.6 is 0 Å². The molecule has 1 aliphatic rings. The molecule has 1 amide bonds. The van der Waals surface area contributed by atoms with Crippen molar-refractivity contribution < 1.29 is 9.53 Å². The largest absolute Gasteiger partial charge is 0.496 e. The maximum Gasteiger partial charge on any atom is 0.239 e. The minimum atomic E-state index is 0.0434. The number of hydrogen-bond donors (Lipinski definition) is 2. The number of nitrogens with zero attached hydrogens (tertiary/aromatic N) is 3. The number of aliphatic imine (C=N–C) groups is 1. The van der Waals surface area contributed by atoms with Crippen LogP contribution in [0.4, 0.5) is 0 Å². The van der Waals surface area contributed by atoms with Crippen LogP contribution in [0.25, 0.3) is 0 Å². The predicted octanol–water partition coefficient (Wildman–Crippen LogP) is 2.04. The van der Waals surface area contributed by atoms with Crippen LogP contribution < -0.4 is 15.4 Å². The molecule has 1 unspecified atom stereocenters. The zero-order valence-corrected chi connectivity index (χ0v) is 19.3. The van der Waals surface area contributed by atoms with Gasteiger partial charge in [0.25, 0.3) is 0 Å². The zero-order valence-electron chi connectivity index (χ0n) is 19.3. The summed E-state index contributed by atoms with van der Waals surface area (Å²) in [5.74, 6) is 2.00. The summed E-state index contributed by atoms with van der Waals surface area (Å²) in [7, 11) is 5.38. The lowest BCUT2D eigenvalue weighted by Crippen LogP contribution is -2.43. The number of amides is 1. The number of rotatable bonds is 10. The normalized spacial score (nSPS) is 17.1. The third-order valence-electron chi connectivity index (χ3n) is 5.49. The number of likely N-dealkylation sites (N-methyl/N-ethyl adjacent to an activating group) is 1. The van der Waals surface area contributed by atoms with Crippen molar-refractivity contribution in [2.24, 2.45) is 4.99 Å². The molecule has 0 radical (unpaired) electrons. The molecule has 0 saturated carbocycles. The molecule has 1 heterocycles. The maximum absolute atomic E-state index is 12.3. The van der Waals surface area contributed by atoms with Gasteiger partial charge in [0.05, 0.1) is 13.2 Å². The number of hydrogen-bond acceptors (Lipinski definition) is 4. The third kappa shape index (κ3) is 7.20. The van der Waals surface area contributed by atoms with E-state index in [1.54, 1.807) is 12.0 Å². The van der Waals surface area contributed by atoms with Gasteiger partial charge >= 0.3 is 0 Å². The first-order valence-electron chi connectivity index (χ1n) is 11.1. The van der Waals surface area contributed by atoms with Crippen LogP contribution in [-0.4, -0.2) is 81.6 Å². The van der Waals surface area contributed by atoms with E-state index in [9.17, 15) is 4.79 Å². The van der Waals surface area contributed by atoms with Gasteiger partial charge in [0.15, 0.2) is 5.96 Å². The molecule has 0 spiro atoms. The first-order valence-corrected chi connectivity index (χ1v) is 11.1. The Labute approximate surface area is 181 Å². The Balaban J connectivity index is 1.78. The molecule has 2 N–H and O–H groups in total. The second-order valence-electron chi connectivity index (χ2n) is 8.02. The average molecular weight is 418 g/mol. The third-order valence-corrected chi connectivity index (χ3v) is 5.49. The van der Waals surface area contributed by atoms with E-state index in [1.807, 2.05) is 14.1 Å². The van der Waals surface area contributed by atoms with Crippen LogP contribution in [0.1, 0.15) is 37.3 Å². The highest BCUT2D eigenvalue weighted by atomic mass is 16.5. The molecule has 0 bridgehead atoms. The van der Waals surface area contributed by atoms with E-state index in [-0.39, 0.29) is 11.9 Å². The molecule has 1 atom stereocenters. The molecule has 7 nitrogen and oxygen atoms in total. The van der Waals surface area contributed by atoms with Gasteiger partial charge in [0.1, 0.15) is 5.75 Å². The highest BCUT2D eigenvalue weighted by Gasteiger charge is 2.30. The minimum Gasteiger partial charge on any atom is -0.496 e. The Bertz CT molecular complexity index is 705. The zero-order chi connectivity index (χ0) is 21.9. The van der Waals surface area contributed by atoms with E-state index in [4.69, 9.17) is 9.73 Å². The van der Waals surface area contributed by atoms with Gasteiger partial charge in [-0.2, -0.15) is 0 Å². The van der Waals surface area contributed by atoms with Gasteiger partial charge in [-0.1, -0.05) is 12.1 Å². The Morgan fingerprint density at radius 2 is 2.13 bits per heavy atom. The Kier molecular flexibility index (Phi) is 9.94. The number of carbonyl (C=O) groups excluding carboxylic acids is 1. The number of likely N-dealkylation sites (tertiary alicyclic amines) is 1. The summed E-state index contributed by atoms with van der Waals surface area (Å²) in [6.45, 7) is 8.43. The van der Waals surface area contributed by atoms with E-state index >= 15 is 0 Å². The van der Waals surface area contributed by atoms with Gasteiger partial charge in [-0.25, -0.2) is 0 Å². The summed E-state index contributed by atoms with van der Waals surface area (Å²) in [5, 5.41) is 6.73. The minimum absolute atomic E-state index is 0.0434. The molecule has 1 saturated heterocycles. The first kappa shape index (κ1) is 24.0. The van der Waals surface area contributed by atoms with Gasteiger partial charge in [-0.05, 0) is 63.3 Å². The monoisotopic (exact) mass is 417 g/mol.